The van der Waals surface area contributed by atoms with E-state index >= 15 is 0 Å². The van der Waals surface area contributed by atoms with E-state index in [0.717, 1.165) is 24.2 Å². The molecule has 0 spiro atoms. The summed E-state index contributed by atoms with van der Waals surface area (Å²) in [6.07, 6.45) is 2.58. The summed E-state index contributed by atoms with van der Waals surface area (Å²) >= 11 is 0. The molecule has 1 saturated heterocycles. The zero-order valence-electron chi connectivity index (χ0n) is 8.16. The zero-order valence-corrected chi connectivity index (χ0v) is 8.16. The van der Waals surface area contributed by atoms with Crippen molar-refractivity contribution in [3.8, 4) is 0 Å². The number of rotatable bonds is 2. The molecule has 0 aromatic rings. The number of carbonyl (C=O) groups is 3. The summed E-state index contributed by atoms with van der Waals surface area (Å²) in [7, 11) is 0. The molecule has 0 aromatic carbocycles. The number of ketones is 1. The van der Waals surface area contributed by atoms with Gasteiger partial charge in [0.05, 0.1) is 18.4 Å². The van der Waals surface area contributed by atoms with Crippen molar-refractivity contribution in [3.05, 3.63) is 0 Å². The number of hydrogen-bond acceptors (Lipinski definition) is 3. The van der Waals surface area contributed by atoms with Crippen LogP contribution in [0.4, 0.5) is 0 Å². The van der Waals surface area contributed by atoms with E-state index in [9.17, 15) is 14.4 Å². The number of fused-ring (bicyclic) bond motifs is 1. The molecule has 1 saturated carbocycles. The SMILES string of the molecule is CC(=O)CN1C(=O)C2CCCC2C1=O. The van der Waals surface area contributed by atoms with Crippen LogP contribution in [0.25, 0.3) is 0 Å². The number of imide groups is 1. The van der Waals surface area contributed by atoms with Crippen LogP contribution in [0.15, 0.2) is 0 Å². The van der Waals surface area contributed by atoms with E-state index in [-0.39, 0.29) is 36.0 Å². The molecule has 0 radical (unpaired) electrons. The fourth-order valence-corrected chi connectivity index (χ4v) is 2.44. The maximum absolute atomic E-state index is 11.7. The predicted molar refractivity (Wildman–Crippen MR) is 48.2 cm³/mol. The van der Waals surface area contributed by atoms with Crippen molar-refractivity contribution in [1.29, 1.82) is 0 Å². The Labute approximate surface area is 82.3 Å². The van der Waals surface area contributed by atoms with Crippen LogP contribution in [0, 0.1) is 11.8 Å². The number of amides is 2. The van der Waals surface area contributed by atoms with Gasteiger partial charge in [0.25, 0.3) is 0 Å². The summed E-state index contributed by atoms with van der Waals surface area (Å²) in [5.41, 5.74) is 0. The summed E-state index contributed by atoms with van der Waals surface area (Å²) in [6, 6.07) is 0. The van der Waals surface area contributed by atoms with Gasteiger partial charge in [0.2, 0.25) is 11.8 Å². The molecule has 1 heterocycles. The first-order chi connectivity index (χ1) is 6.61. The van der Waals surface area contributed by atoms with Crippen molar-refractivity contribution in [2.75, 3.05) is 6.54 Å². The molecule has 2 fully saturated rings. The second kappa shape index (κ2) is 3.19. The quantitative estimate of drug-likeness (QED) is 0.598. The molecule has 2 aliphatic rings. The minimum Gasteiger partial charge on any atom is -0.298 e. The van der Waals surface area contributed by atoms with E-state index < -0.39 is 0 Å². The molecule has 0 bridgehead atoms. The lowest BCUT2D eigenvalue weighted by Gasteiger charge is -2.13. The number of Topliss-reactive ketones (excluding diaryl/α,β-unsaturated/α-hetero) is 1. The van der Waals surface area contributed by atoms with E-state index in [1.54, 1.807) is 0 Å². The Morgan fingerprint density at radius 3 is 2.21 bits per heavy atom. The predicted octanol–water partition coefficient (Wildman–Crippen LogP) is 0.360. The normalized spacial score (nSPS) is 31.1. The molecule has 14 heavy (non-hydrogen) atoms. The minimum atomic E-state index is -0.133. The van der Waals surface area contributed by atoms with Crippen LogP contribution in [0.3, 0.4) is 0 Å². The lowest BCUT2D eigenvalue weighted by molar-refractivity contribution is -0.143. The van der Waals surface area contributed by atoms with Crippen molar-refractivity contribution >= 4 is 17.6 Å². The van der Waals surface area contributed by atoms with Crippen molar-refractivity contribution in [3.63, 3.8) is 0 Å². The van der Waals surface area contributed by atoms with Gasteiger partial charge in [-0.25, -0.2) is 0 Å². The van der Waals surface area contributed by atoms with Crippen molar-refractivity contribution in [2.45, 2.75) is 26.2 Å². The highest BCUT2D eigenvalue weighted by Crippen LogP contribution is 2.39. The van der Waals surface area contributed by atoms with Crippen LogP contribution in [0.1, 0.15) is 26.2 Å². The zero-order chi connectivity index (χ0) is 10.3. The van der Waals surface area contributed by atoms with Gasteiger partial charge in [-0.3, -0.25) is 19.3 Å². The van der Waals surface area contributed by atoms with Crippen molar-refractivity contribution in [1.82, 2.24) is 4.90 Å². The fraction of sp³-hybridized carbons (Fsp3) is 0.700. The maximum atomic E-state index is 11.7. The molecule has 4 heteroatoms. The monoisotopic (exact) mass is 195 g/mol. The molecule has 1 aliphatic heterocycles. The molecule has 4 nitrogen and oxygen atoms in total. The average Bonchev–Trinajstić information content (AvgIpc) is 2.65. The van der Waals surface area contributed by atoms with Gasteiger partial charge in [0, 0.05) is 0 Å². The second-order valence-electron chi connectivity index (χ2n) is 4.11. The standard InChI is InChI=1S/C10H13NO3/c1-6(12)5-11-9(13)7-3-2-4-8(7)10(11)14/h7-8H,2-5H2,1H3. The highest BCUT2D eigenvalue weighted by molar-refractivity contribution is 6.07. The van der Waals surface area contributed by atoms with Gasteiger partial charge in [0.1, 0.15) is 5.78 Å². The van der Waals surface area contributed by atoms with E-state index in [4.69, 9.17) is 0 Å². The van der Waals surface area contributed by atoms with Gasteiger partial charge in [-0.05, 0) is 19.8 Å². The highest BCUT2D eigenvalue weighted by Gasteiger charge is 2.49. The van der Waals surface area contributed by atoms with Gasteiger partial charge >= 0.3 is 0 Å². The van der Waals surface area contributed by atoms with Crippen molar-refractivity contribution < 1.29 is 14.4 Å². The van der Waals surface area contributed by atoms with Crippen LogP contribution in [0.5, 0.6) is 0 Å². The number of hydrogen-bond donors (Lipinski definition) is 0. The Morgan fingerprint density at radius 2 is 1.79 bits per heavy atom. The largest absolute Gasteiger partial charge is 0.298 e. The molecule has 0 N–H and O–H groups in total. The van der Waals surface area contributed by atoms with Gasteiger partial charge in [-0.2, -0.15) is 0 Å². The molecule has 0 aromatic heterocycles. The minimum absolute atomic E-state index is 0.0370. The Hall–Kier alpha value is -1.19. The van der Waals surface area contributed by atoms with Crippen LogP contribution in [0.2, 0.25) is 0 Å². The van der Waals surface area contributed by atoms with Gasteiger partial charge in [-0.15, -0.1) is 0 Å². The van der Waals surface area contributed by atoms with E-state index in [0.29, 0.717) is 0 Å². The smallest absolute Gasteiger partial charge is 0.233 e. The fourth-order valence-electron chi connectivity index (χ4n) is 2.44. The lowest BCUT2D eigenvalue weighted by Crippen LogP contribution is -2.35. The van der Waals surface area contributed by atoms with E-state index in [1.165, 1.54) is 6.92 Å². The van der Waals surface area contributed by atoms with Crippen LogP contribution >= 0.6 is 0 Å². The van der Waals surface area contributed by atoms with Crippen LogP contribution in [-0.4, -0.2) is 29.0 Å². The second-order valence-corrected chi connectivity index (χ2v) is 4.11. The van der Waals surface area contributed by atoms with Gasteiger partial charge in [-0.1, -0.05) is 6.42 Å². The third-order valence-electron chi connectivity index (χ3n) is 3.06. The van der Waals surface area contributed by atoms with Gasteiger partial charge in [0.15, 0.2) is 0 Å². The topological polar surface area (TPSA) is 54.5 Å². The lowest BCUT2D eigenvalue weighted by atomic mass is 10.00. The van der Waals surface area contributed by atoms with Crippen molar-refractivity contribution in [2.24, 2.45) is 11.8 Å². The first kappa shape index (κ1) is 9.37. The van der Waals surface area contributed by atoms with E-state index in [2.05, 4.69) is 0 Å². The Kier molecular flexibility index (Phi) is 2.13. The third-order valence-corrected chi connectivity index (χ3v) is 3.06. The summed E-state index contributed by atoms with van der Waals surface area (Å²) < 4.78 is 0. The molecular formula is C10H13NO3. The Balaban J connectivity index is 2.17. The molecule has 76 valence electrons. The first-order valence-electron chi connectivity index (χ1n) is 4.96. The molecule has 2 unspecified atom stereocenters. The Bertz CT molecular complexity index is 288. The maximum Gasteiger partial charge on any atom is 0.233 e. The summed E-state index contributed by atoms with van der Waals surface area (Å²) in [4.78, 5) is 35.4. The molecule has 1 aliphatic carbocycles. The molecule has 2 amide bonds. The van der Waals surface area contributed by atoms with Crippen LogP contribution in [-0.2, 0) is 14.4 Å². The number of carbonyl (C=O) groups excluding carboxylic acids is 3. The molecule has 2 atom stereocenters. The molecule has 2 rings (SSSR count). The first-order valence-corrected chi connectivity index (χ1v) is 4.96. The summed E-state index contributed by atoms with van der Waals surface area (Å²) in [5, 5.41) is 0. The summed E-state index contributed by atoms with van der Waals surface area (Å²) in [5.74, 6) is -0.643. The Morgan fingerprint density at radius 1 is 1.29 bits per heavy atom. The molecular weight excluding hydrogens is 182 g/mol. The highest BCUT2D eigenvalue weighted by atomic mass is 16.2. The summed E-state index contributed by atoms with van der Waals surface area (Å²) in [6.45, 7) is 1.36. The third kappa shape index (κ3) is 1.25. The van der Waals surface area contributed by atoms with E-state index in [1.807, 2.05) is 0 Å². The van der Waals surface area contributed by atoms with Crippen LogP contribution < -0.4 is 0 Å². The number of nitrogens with zero attached hydrogens (tertiary/aromatic N) is 1. The van der Waals surface area contributed by atoms with Gasteiger partial charge < -0.3 is 0 Å². The number of likely N-dealkylation sites (tertiary alicyclic amines) is 1. The average molecular weight is 195 g/mol.